The van der Waals surface area contributed by atoms with E-state index in [-0.39, 0.29) is 11.8 Å². The molecule has 0 saturated carbocycles. The highest BCUT2D eigenvalue weighted by Gasteiger charge is 2.27. The normalized spacial score (nSPS) is 16.9. The summed E-state index contributed by atoms with van der Waals surface area (Å²) in [5.41, 5.74) is 4.25. The van der Waals surface area contributed by atoms with E-state index < -0.39 is 0 Å². The van der Waals surface area contributed by atoms with E-state index in [4.69, 9.17) is 0 Å². The zero-order valence-electron chi connectivity index (χ0n) is 14.0. The van der Waals surface area contributed by atoms with Gasteiger partial charge in [-0.15, -0.1) is 0 Å². The molecular formula is C20H17N5O. The molecule has 128 valence electrons. The summed E-state index contributed by atoms with van der Waals surface area (Å²) in [4.78, 5) is 24.9. The van der Waals surface area contributed by atoms with Crippen LogP contribution in [0.3, 0.4) is 0 Å². The summed E-state index contributed by atoms with van der Waals surface area (Å²) >= 11 is 0. The van der Waals surface area contributed by atoms with E-state index in [9.17, 15) is 4.79 Å². The van der Waals surface area contributed by atoms with Gasteiger partial charge in [0.05, 0.1) is 6.20 Å². The lowest BCUT2D eigenvalue weighted by molar-refractivity contribution is 0.0950. The van der Waals surface area contributed by atoms with E-state index in [2.05, 4.69) is 32.4 Å². The molecule has 6 heteroatoms. The quantitative estimate of drug-likeness (QED) is 0.588. The number of carbonyl (C=O) groups is 1. The van der Waals surface area contributed by atoms with Crippen molar-refractivity contribution in [1.29, 1.82) is 0 Å². The standard InChI is InChI=1S/C20H17N5O/c26-20-18-15(10-14(11-22-20)13-6-2-1-3-7-13)23-19(24-18)16-12-21-17-8-4-5-9-25(16)17/h1-9,12,14H,10-11H2,(H,22,26)(H,23,24)/t14-/m1/s1. The van der Waals surface area contributed by atoms with Crippen molar-refractivity contribution in [3.8, 4) is 11.5 Å². The first-order valence-corrected chi connectivity index (χ1v) is 8.64. The van der Waals surface area contributed by atoms with E-state index in [1.165, 1.54) is 5.56 Å². The molecule has 3 aromatic heterocycles. The van der Waals surface area contributed by atoms with Crippen LogP contribution in [0.15, 0.2) is 60.9 Å². The molecule has 0 aliphatic carbocycles. The van der Waals surface area contributed by atoms with Crippen molar-refractivity contribution < 1.29 is 4.79 Å². The predicted octanol–water partition coefficient (Wildman–Crippen LogP) is 2.79. The number of benzene rings is 1. The number of aromatic nitrogens is 4. The maximum Gasteiger partial charge on any atom is 0.271 e. The number of pyridine rings is 1. The number of imidazole rings is 2. The highest BCUT2D eigenvalue weighted by atomic mass is 16.1. The number of fused-ring (bicyclic) bond motifs is 2. The van der Waals surface area contributed by atoms with Gasteiger partial charge in [0.1, 0.15) is 17.0 Å². The molecule has 1 amide bonds. The van der Waals surface area contributed by atoms with Crippen molar-refractivity contribution in [3.05, 3.63) is 77.9 Å². The number of carbonyl (C=O) groups excluding carboxylic acids is 1. The molecule has 5 rings (SSSR count). The minimum absolute atomic E-state index is 0.130. The second-order valence-electron chi connectivity index (χ2n) is 6.51. The third-order valence-corrected chi connectivity index (χ3v) is 4.88. The Morgan fingerprint density at radius 2 is 1.92 bits per heavy atom. The molecule has 1 aliphatic rings. The summed E-state index contributed by atoms with van der Waals surface area (Å²) in [6.07, 6.45) is 4.46. The van der Waals surface area contributed by atoms with Crippen LogP contribution in [0.2, 0.25) is 0 Å². The first-order valence-electron chi connectivity index (χ1n) is 8.64. The molecule has 1 aliphatic heterocycles. The molecule has 1 atom stereocenters. The highest BCUT2D eigenvalue weighted by Crippen LogP contribution is 2.27. The van der Waals surface area contributed by atoms with E-state index in [1.807, 2.05) is 47.0 Å². The summed E-state index contributed by atoms with van der Waals surface area (Å²) in [5.74, 6) is 0.754. The number of hydrogen-bond donors (Lipinski definition) is 2. The lowest BCUT2D eigenvalue weighted by atomic mass is 9.94. The number of nitrogens with zero attached hydrogens (tertiary/aromatic N) is 3. The number of amides is 1. The summed E-state index contributed by atoms with van der Waals surface area (Å²) in [5, 5.41) is 3.00. The molecule has 2 N–H and O–H groups in total. The molecule has 4 heterocycles. The summed E-state index contributed by atoms with van der Waals surface area (Å²) in [6, 6.07) is 16.1. The zero-order valence-corrected chi connectivity index (χ0v) is 14.0. The highest BCUT2D eigenvalue weighted by molar-refractivity contribution is 5.94. The molecule has 6 nitrogen and oxygen atoms in total. The first kappa shape index (κ1) is 14.9. The Bertz CT molecular complexity index is 1100. The number of aromatic amines is 1. The molecule has 26 heavy (non-hydrogen) atoms. The van der Waals surface area contributed by atoms with Gasteiger partial charge in [0.2, 0.25) is 0 Å². The largest absolute Gasteiger partial charge is 0.350 e. The van der Waals surface area contributed by atoms with Crippen molar-refractivity contribution in [2.24, 2.45) is 0 Å². The topological polar surface area (TPSA) is 75.1 Å². The van der Waals surface area contributed by atoms with Crippen LogP contribution in [-0.4, -0.2) is 31.8 Å². The van der Waals surface area contributed by atoms with Crippen molar-refractivity contribution >= 4 is 11.6 Å². The lowest BCUT2D eigenvalue weighted by Crippen LogP contribution is -2.26. The fourth-order valence-electron chi connectivity index (χ4n) is 3.55. The van der Waals surface area contributed by atoms with Gasteiger partial charge < -0.3 is 10.3 Å². The molecule has 0 saturated heterocycles. The maximum atomic E-state index is 12.5. The van der Waals surface area contributed by atoms with E-state index in [0.717, 1.165) is 23.5 Å². The van der Waals surface area contributed by atoms with Gasteiger partial charge in [-0.05, 0) is 24.1 Å². The number of H-pyrrole nitrogens is 1. The van der Waals surface area contributed by atoms with Gasteiger partial charge in [-0.2, -0.15) is 0 Å². The van der Waals surface area contributed by atoms with Gasteiger partial charge in [-0.1, -0.05) is 36.4 Å². The van der Waals surface area contributed by atoms with Crippen LogP contribution < -0.4 is 5.32 Å². The third-order valence-electron chi connectivity index (χ3n) is 4.88. The zero-order chi connectivity index (χ0) is 17.5. The van der Waals surface area contributed by atoms with Crippen LogP contribution in [0.1, 0.15) is 27.7 Å². The predicted molar refractivity (Wildman–Crippen MR) is 98.0 cm³/mol. The molecule has 0 radical (unpaired) electrons. The van der Waals surface area contributed by atoms with Crippen molar-refractivity contribution in [2.75, 3.05) is 6.54 Å². The van der Waals surface area contributed by atoms with Gasteiger partial charge in [-0.3, -0.25) is 9.20 Å². The fourth-order valence-corrected chi connectivity index (χ4v) is 3.55. The average Bonchev–Trinajstić information content (AvgIpc) is 3.26. The van der Waals surface area contributed by atoms with Crippen LogP contribution in [0.5, 0.6) is 0 Å². The minimum atomic E-state index is -0.130. The molecule has 0 bridgehead atoms. The fraction of sp³-hybridized carbons (Fsp3) is 0.150. The molecule has 0 fully saturated rings. The molecule has 0 spiro atoms. The molecule has 0 unspecified atom stereocenters. The summed E-state index contributed by atoms with van der Waals surface area (Å²) < 4.78 is 1.96. The lowest BCUT2D eigenvalue weighted by Gasteiger charge is -2.14. The van der Waals surface area contributed by atoms with Crippen molar-refractivity contribution in [2.45, 2.75) is 12.3 Å². The minimum Gasteiger partial charge on any atom is -0.350 e. The van der Waals surface area contributed by atoms with Crippen molar-refractivity contribution in [1.82, 2.24) is 24.7 Å². The van der Waals surface area contributed by atoms with Crippen molar-refractivity contribution in [3.63, 3.8) is 0 Å². The van der Waals surface area contributed by atoms with E-state index in [1.54, 1.807) is 6.20 Å². The Labute approximate surface area is 149 Å². The molecule has 4 aromatic rings. The van der Waals surface area contributed by atoms with Crippen LogP contribution >= 0.6 is 0 Å². The molecule has 1 aromatic carbocycles. The van der Waals surface area contributed by atoms with Gasteiger partial charge in [0, 0.05) is 24.4 Å². The monoisotopic (exact) mass is 343 g/mol. The van der Waals surface area contributed by atoms with Gasteiger partial charge in [0.25, 0.3) is 5.91 Å². The Hall–Kier alpha value is -3.41. The van der Waals surface area contributed by atoms with Crippen LogP contribution in [0, 0.1) is 0 Å². The second kappa shape index (κ2) is 5.84. The van der Waals surface area contributed by atoms with Gasteiger partial charge in [-0.25, -0.2) is 9.97 Å². The smallest absolute Gasteiger partial charge is 0.271 e. The SMILES string of the molecule is O=C1NC[C@H](c2ccccc2)Cc2[nH]c(-c3cnc4ccccn34)nc21. The number of rotatable bonds is 2. The Balaban J connectivity index is 1.57. The third kappa shape index (κ3) is 2.38. The average molecular weight is 343 g/mol. The van der Waals surface area contributed by atoms with Gasteiger partial charge in [0.15, 0.2) is 5.82 Å². The van der Waals surface area contributed by atoms with Crippen LogP contribution in [-0.2, 0) is 6.42 Å². The summed E-state index contributed by atoms with van der Waals surface area (Å²) in [7, 11) is 0. The summed E-state index contributed by atoms with van der Waals surface area (Å²) in [6.45, 7) is 0.609. The first-order chi connectivity index (χ1) is 12.8. The van der Waals surface area contributed by atoms with Gasteiger partial charge >= 0.3 is 0 Å². The van der Waals surface area contributed by atoms with Crippen LogP contribution in [0.25, 0.3) is 17.2 Å². The Kier molecular flexibility index (Phi) is 3.35. The van der Waals surface area contributed by atoms with Crippen LogP contribution in [0.4, 0.5) is 0 Å². The molecular weight excluding hydrogens is 326 g/mol. The second-order valence-corrected chi connectivity index (χ2v) is 6.51. The maximum absolute atomic E-state index is 12.5. The number of hydrogen-bond acceptors (Lipinski definition) is 3. The van der Waals surface area contributed by atoms with E-state index >= 15 is 0 Å². The Morgan fingerprint density at radius 3 is 2.81 bits per heavy atom. The number of nitrogens with one attached hydrogen (secondary N) is 2. The van der Waals surface area contributed by atoms with E-state index in [0.29, 0.717) is 18.1 Å². The Morgan fingerprint density at radius 1 is 1.08 bits per heavy atom.